The first-order valence-corrected chi connectivity index (χ1v) is 12.6. The van der Waals surface area contributed by atoms with Crippen LogP contribution in [0.3, 0.4) is 0 Å². The van der Waals surface area contributed by atoms with E-state index in [1.54, 1.807) is 62.6 Å². The van der Waals surface area contributed by atoms with E-state index in [1.165, 1.54) is 0 Å². The second-order valence-corrected chi connectivity index (χ2v) is 12.0. The standard InChI is InChI=1S/C22H41N2O10P/c1-16(2)18(25)30-13-11-24(9,10)12-14-31-35(28,29)32-15-17(19(26)33-21(3,4)5)23-20(27)34-22(6,7)8/h17H,1,11-15H2,2-10H3,(H-,23,27,28,29). The SMILES string of the molecule is C=C(C)C(=O)OCC[N+](C)(C)CCOP(=O)([O-])OCC(NC(=O)OC(C)(C)C)C(=O)OC(C)(C)C. The quantitative estimate of drug-likeness (QED) is 0.124. The van der Waals surface area contributed by atoms with Crippen molar-refractivity contribution in [3.8, 4) is 0 Å². The van der Waals surface area contributed by atoms with Crippen LogP contribution < -0.4 is 10.2 Å². The van der Waals surface area contributed by atoms with E-state index in [2.05, 4.69) is 11.9 Å². The van der Waals surface area contributed by atoms with Gasteiger partial charge in [0.1, 0.15) is 37.5 Å². The molecule has 0 aliphatic heterocycles. The lowest BCUT2D eigenvalue weighted by Crippen LogP contribution is -2.48. The van der Waals surface area contributed by atoms with Gasteiger partial charge >= 0.3 is 18.0 Å². The summed E-state index contributed by atoms with van der Waals surface area (Å²) in [5, 5.41) is 2.26. The first kappa shape index (κ1) is 33.0. The van der Waals surface area contributed by atoms with Gasteiger partial charge in [-0.15, -0.1) is 0 Å². The number of rotatable bonds is 13. The fourth-order valence-corrected chi connectivity index (χ4v) is 2.93. The molecular weight excluding hydrogens is 483 g/mol. The molecule has 0 saturated carbocycles. The van der Waals surface area contributed by atoms with Crippen LogP contribution in [0.4, 0.5) is 4.79 Å². The molecular formula is C22H41N2O10P. The second kappa shape index (κ2) is 13.4. The number of likely N-dealkylation sites (N-methyl/N-ethyl adjacent to an activating group) is 1. The fraction of sp³-hybridized carbons (Fsp3) is 0.773. The topological polar surface area (TPSA) is 150 Å². The van der Waals surface area contributed by atoms with E-state index in [1.807, 2.05) is 0 Å². The Kier molecular flexibility index (Phi) is 12.6. The average Bonchev–Trinajstić information content (AvgIpc) is 2.61. The first-order chi connectivity index (χ1) is 15.6. The number of carbonyl (C=O) groups is 3. The number of ether oxygens (including phenoxy) is 3. The molecule has 0 heterocycles. The number of carbonyl (C=O) groups excluding carboxylic acids is 3. The van der Waals surface area contributed by atoms with E-state index >= 15 is 0 Å². The number of quaternary nitrogens is 1. The lowest BCUT2D eigenvalue weighted by atomic mass is 10.2. The van der Waals surface area contributed by atoms with Crippen molar-refractivity contribution in [1.29, 1.82) is 0 Å². The van der Waals surface area contributed by atoms with E-state index in [9.17, 15) is 23.8 Å². The Morgan fingerprint density at radius 1 is 0.971 bits per heavy atom. The molecule has 1 N–H and O–H groups in total. The molecule has 12 nitrogen and oxygen atoms in total. The first-order valence-electron chi connectivity index (χ1n) is 11.1. The van der Waals surface area contributed by atoms with Crippen LogP contribution in [-0.2, 0) is 37.4 Å². The molecule has 35 heavy (non-hydrogen) atoms. The normalized spacial score (nSPS) is 14.9. The minimum absolute atomic E-state index is 0.123. The summed E-state index contributed by atoms with van der Waals surface area (Å²) in [7, 11) is -1.21. The predicted molar refractivity (Wildman–Crippen MR) is 126 cm³/mol. The number of hydrogen-bond acceptors (Lipinski definition) is 10. The molecule has 0 bridgehead atoms. The van der Waals surface area contributed by atoms with E-state index in [4.69, 9.17) is 23.3 Å². The van der Waals surface area contributed by atoms with Gasteiger partial charge in [-0.25, -0.2) is 14.4 Å². The molecule has 0 aromatic carbocycles. The van der Waals surface area contributed by atoms with E-state index in [-0.39, 0.29) is 25.3 Å². The number of amides is 1. The molecule has 0 saturated heterocycles. The van der Waals surface area contributed by atoms with Crippen molar-refractivity contribution in [3.05, 3.63) is 12.2 Å². The van der Waals surface area contributed by atoms with Crippen molar-refractivity contribution in [2.75, 3.05) is 47.0 Å². The van der Waals surface area contributed by atoms with E-state index in [0.717, 1.165) is 0 Å². The summed E-state index contributed by atoms with van der Waals surface area (Å²) in [6.07, 6.45) is -0.940. The largest absolute Gasteiger partial charge is 0.756 e. The molecule has 2 unspecified atom stereocenters. The number of esters is 2. The van der Waals surface area contributed by atoms with Crippen LogP contribution in [0.25, 0.3) is 0 Å². The summed E-state index contributed by atoms with van der Waals surface area (Å²) in [5.41, 5.74) is -1.44. The van der Waals surface area contributed by atoms with Crippen molar-refractivity contribution < 1.29 is 51.6 Å². The van der Waals surface area contributed by atoms with Crippen LogP contribution in [0.5, 0.6) is 0 Å². The molecule has 204 valence electrons. The van der Waals surface area contributed by atoms with Crippen LogP contribution in [0.1, 0.15) is 48.5 Å². The summed E-state index contributed by atoms with van der Waals surface area (Å²) in [4.78, 5) is 48.2. The van der Waals surface area contributed by atoms with Crippen LogP contribution in [-0.4, -0.2) is 86.8 Å². The van der Waals surface area contributed by atoms with Crippen molar-refractivity contribution in [2.24, 2.45) is 0 Å². The molecule has 0 spiro atoms. The van der Waals surface area contributed by atoms with Crippen molar-refractivity contribution in [2.45, 2.75) is 65.7 Å². The Morgan fingerprint density at radius 3 is 1.97 bits per heavy atom. The molecule has 0 rings (SSSR count). The Labute approximate surface area is 208 Å². The van der Waals surface area contributed by atoms with Crippen molar-refractivity contribution >= 4 is 25.9 Å². The Balaban J connectivity index is 4.90. The molecule has 0 aromatic rings. The summed E-state index contributed by atoms with van der Waals surface area (Å²) >= 11 is 0. The molecule has 1 amide bonds. The maximum atomic E-state index is 12.5. The monoisotopic (exact) mass is 524 g/mol. The number of phosphoric acid groups is 1. The maximum Gasteiger partial charge on any atom is 0.408 e. The highest BCUT2D eigenvalue weighted by Crippen LogP contribution is 2.38. The third kappa shape index (κ3) is 17.1. The van der Waals surface area contributed by atoms with E-state index in [0.29, 0.717) is 11.0 Å². The van der Waals surface area contributed by atoms with Crippen LogP contribution in [0.2, 0.25) is 0 Å². The van der Waals surface area contributed by atoms with Gasteiger partial charge in [-0.05, 0) is 48.5 Å². The molecule has 0 radical (unpaired) electrons. The summed E-state index contributed by atoms with van der Waals surface area (Å²) in [6.45, 7) is 14.6. The van der Waals surface area contributed by atoms with Gasteiger partial charge in [0.2, 0.25) is 0 Å². The molecule has 0 aliphatic carbocycles. The zero-order valence-electron chi connectivity index (χ0n) is 22.3. The minimum Gasteiger partial charge on any atom is -0.756 e. The van der Waals surface area contributed by atoms with Crippen molar-refractivity contribution in [3.63, 3.8) is 0 Å². The zero-order chi connectivity index (χ0) is 27.7. The summed E-state index contributed by atoms with van der Waals surface area (Å²) < 4.78 is 37.6. The third-order valence-electron chi connectivity index (χ3n) is 4.01. The maximum absolute atomic E-state index is 12.5. The lowest BCUT2D eigenvalue weighted by Gasteiger charge is -2.31. The Hall–Kier alpha value is -1.98. The van der Waals surface area contributed by atoms with Gasteiger partial charge in [-0.1, -0.05) is 6.58 Å². The number of phosphoric ester groups is 1. The van der Waals surface area contributed by atoms with Gasteiger partial charge in [0.05, 0.1) is 20.7 Å². The number of hydrogen-bond donors (Lipinski definition) is 1. The molecule has 2 atom stereocenters. The Bertz CT molecular complexity index is 799. The van der Waals surface area contributed by atoms with Gasteiger partial charge in [-0.3, -0.25) is 4.57 Å². The van der Waals surface area contributed by atoms with Gasteiger partial charge in [-0.2, -0.15) is 0 Å². The highest BCUT2D eigenvalue weighted by molar-refractivity contribution is 7.45. The molecule has 0 fully saturated rings. The minimum atomic E-state index is -4.82. The van der Waals surface area contributed by atoms with E-state index < -0.39 is 49.7 Å². The molecule has 13 heteroatoms. The van der Waals surface area contributed by atoms with Gasteiger partial charge in [0.25, 0.3) is 7.82 Å². The molecule has 0 aliphatic rings. The second-order valence-electron chi connectivity index (χ2n) is 10.6. The van der Waals surface area contributed by atoms with Gasteiger partial charge in [0, 0.05) is 5.57 Å². The number of nitrogens with one attached hydrogen (secondary N) is 1. The van der Waals surface area contributed by atoms with Gasteiger partial charge in [0.15, 0.2) is 6.04 Å². The third-order valence-corrected chi connectivity index (χ3v) is 4.97. The predicted octanol–water partition coefficient (Wildman–Crippen LogP) is 1.92. The van der Waals surface area contributed by atoms with Crippen LogP contribution >= 0.6 is 7.82 Å². The Morgan fingerprint density at radius 2 is 1.49 bits per heavy atom. The van der Waals surface area contributed by atoms with Crippen LogP contribution in [0.15, 0.2) is 12.2 Å². The summed E-state index contributed by atoms with van der Waals surface area (Å²) in [6, 6.07) is -1.45. The van der Waals surface area contributed by atoms with Crippen molar-refractivity contribution in [1.82, 2.24) is 5.32 Å². The zero-order valence-corrected chi connectivity index (χ0v) is 23.2. The highest BCUT2D eigenvalue weighted by atomic mass is 31.2. The lowest BCUT2D eigenvalue weighted by molar-refractivity contribution is -0.890. The van der Waals surface area contributed by atoms with Gasteiger partial charge < -0.3 is 38.0 Å². The highest BCUT2D eigenvalue weighted by Gasteiger charge is 2.30. The number of alkyl carbamates (subject to hydrolysis) is 1. The average molecular weight is 525 g/mol. The summed E-state index contributed by atoms with van der Waals surface area (Å²) in [5.74, 6) is -1.40. The molecule has 0 aromatic heterocycles. The fourth-order valence-electron chi connectivity index (χ4n) is 2.21. The van der Waals surface area contributed by atoms with Crippen LogP contribution in [0, 0.1) is 0 Å². The smallest absolute Gasteiger partial charge is 0.408 e. The number of nitrogens with zero attached hydrogens (tertiary/aromatic N) is 1.